The topological polar surface area (TPSA) is 75.4 Å². The second-order valence-corrected chi connectivity index (χ2v) is 4.53. The molecule has 0 heterocycles. The van der Waals surface area contributed by atoms with E-state index in [0.717, 1.165) is 24.9 Å². The van der Waals surface area contributed by atoms with Crippen LogP contribution in [0.2, 0.25) is 0 Å². The number of hydrogen-bond donors (Lipinski definition) is 2. The molecule has 5 heteroatoms. The molecule has 0 saturated carbocycles. The average Bonchev–Trinajstić information content (AvgIpc) is 2.38. The highest BCUT2D eigenvalue weighted by molar-refractivity contribution is 5.32. The van der Waals surface area contributed by atoms with Crippen molar-refractivity contribution >= 4 is 5.69 Å². The number of nitro benzene ring substituents is 1. The van der Waals surface area contributed by atoms with Crippen LogP contribution in [0.3, 0.4) is 0 Å². The van der Waals surface area contributed by atoms with E-state index in [1.165, 1.54) is 12.1 Å². The van der Waals surface area contributed by atoms with Crippen LogP contribution in [0.4, 0.5) is 5.69 Å². The lowest BCUT2D eigenvalue weighted by Crippen LogP contribution is -2.16. The molecule has 0 saturated heterocycles. The van der Waals surface area contributed by atoms with Gasteiger partial charge in [0.1, 0.15) is 0 Å². The third-order valence-electron chi connectivity index (χ3n) is 2.84. The zero-order valence-electron chi connectivity index (χ0n) is 10.6. The Labute approximate surface area is 107 Å². The summed E-state index contributed by atoms with van der Waals surface area (Å²) in [6, 6.07) is 6.57. The Morgan fingerprint density at radius 1 is 1.39 bits per heavy atom. The number of benzene rings is 1. The number of non-ortho nitro benzene ring substituents is 1. The van der Waals surface area contributed by atoms with Gasteiger partial charge in [-0.3, -0.25) is 10.1 Å². The van der Waals surface area contributed by atoms with Crippen molar-refractivity contribution in [2.75, 3.05) is 13.2 Å². The second kappa shape index (κ2) is 7.79. The van der Waals surface area contributed by atoms with Gasteiger partial charge in [0.2, 0.25) is 0 Å². The molecule has 1 rings (SSSR count). The lowest BCUT2D eigenvalue weighted by atomic mass is 10.1. The third kappa shape index (κ3) is 5.25. The Morgan fingerprint density at radius 2 is 2.06 bits per heavy atom. The summed E-state index contributed by atoms with van der Waals surface area (Å²) in [5, 5.41) is 22.6. The average molecular weight is 252 g/mol. The van der Waals surface area contributed by atoms with Gasteiger partial charge < -0.3 is 10.4 Å². The van der Waals surface area contributed by atoms with Crippen LogP contribution in [-0.4, -0.2) is 23.2 Å². The van der Waals surface area contributed by atoms with Gasteiger partial charge in [-0.05, 0) is 30.9 Å². The molecule has 100 valence electrons. The maximum Gasteiger partial charge on any atom is 0.269 e. The molecule has 1 atom stereocenters. The summed E-state index contributed by atoms with van der Waals surface area (Å²) in [6.07, 6.45) is 2.03. The van der Waals surface area contributed by atoms with E-state index in [-0.39, 0.29) is 12.3 Å². The molecule has 1 aromatic carbocycles. The predicted molar refractivity (Wildman–Crippen MR) is 70.3 cm³/mol. The van der Waals surface area contributed by atoms with Crippen LogP contribution in [0.5, 0.6) is 0 Å². The summed E-state index contributed by atoms with van der Waals surface area (Å²) in [7, 11) is 0. The van der Waals surface area contributed by atoms with E-state index in [9.17, 15) is 10.1 Å². The highest BCUT2D eigenvalue weighted by Gasteiger charge is 2.03. The lowest BCUT2D eigenvalue weighted by Gasteiger charge is -2.08. The van der Waals surface area contributed by atoms with Gasteiger partial charge in [-0.25, -0.2) is 0 Å². The van der Waals surface area contributed by atoms with Crippen molar-refractivity contribution in [2.45, 2.75) is 26.3 Å². The molecule has 0 fully saturated rings. The lowest BCUT2D eigenvalue weighted by molar-refractivity contribution is -0.384. The Hall–Kier alpha value is -1.46. The fourth-order valence-electron chi connectivity index (χ4n) is 1.64. The van der Waals surface area contributed by atoms with Crippen molar-refractivity contribution in [3.8, 4) is 0 Å². The van der Waals surface area contributed by atoms with Crippen LogP contribution in [0.1, 0.15) is 25.3 Å². The summed E-state index contributed by atoms with van der Waals surface area (Å²) in [5.74, 6) is 0.353. The van der Waals surface area contributed by atoms with Crippen LogP contribution in [0.15, 0.2) is 24.3 Å². The molecular formula is C13H20N2O3. The molecule has 1 unspecified atom stereocenters. The predicted octanol–water partition coefficient (Wildman–Crippen LogP) is 2.09. The normalized spacial score (nSPS) is 12.3. The Kier molecular flexibility index (Phi) is 6.32. The van der Waals surface area contributed by atoms with E-state index < -0.39 is 4.92 Å². The van der Waals surface area contributed by atoms with E-state index >= 15 is 0 Å². The molecule has 0 spiro atoms. The molecule has 0 radical (unpaired) electrons. The SMILES string of the molecule is CC(CO)CCCNCc1ccc([N+](=O)[O-])cc1. The van der Waals surface area contributed by atoms with Crippen molar-refractivity contribution in [2.24, 2.45) is 5.92 Å². The van der Waals surface area contributed by atoms with Gasteiger partial charge in [0.15, 0.2) is 0 Å². The molecular weight excluding hydrogens is 232 g/mol. The highest BCUT2D eigenvalue weighted by atomic mass is 16.6. The third-order valence-corrected chi connectivity index (χ3v) is 2.84. The van der Waals surface area contributed by atoms with E-state index in [0.29, 0.717) is 12.5 Å². The number of nitrogens with zero attached hydrogens (tertiary/aromatic N) is 1. The number of nitrogens with one attached hydrogen (secondary N) is 1. The molecule has 0 amide bonds. The Balaban J connectivity index is 2.21. The minimum absolute atomic E-state index is 0.121. The van der Waals surface area contributed by atoms with Crippen molar-refractivity contribution in [1.82, 2.24) is 5.32 Å². The van der Waals surface area contributed by atoms with Crippen LogP contribution >= 0.6 is 0 Å². The minimum Gasteiger partial charge on any atom is -0.396 e. The molecule has 1 aromatic rings. The first-order valence-corrected chi connectivity index (χ1v) is 6.18. The van der Waals surface area contributed by atoms with Gasteiger partial charge in [-0.15, -0.1) is 0 Å². The maximum atomic E-state index is 10.5. The number of hydrogen-bond acceptors (Lipinski definition) is 4. The first-order valence-electron chi connectivity index (χ1n) is 6.18. The molecule has 0 aliphatic carbocycles. The number of rotatable bonds is 8. The van der Waals surface area contributed by atoms with Crippen LogP contribution in [0.25, 0.3) is 0 Å². The Morgan fingerprint density at radius 3 is 2.61 bits per heavy atom. The monoisotopic (exact) mass is 252 g/mol. The molecule has 5 nitrogen and oxygen atoms in total. The van der Waals surface area contributed by atoms with Crippen molar-refractivity contribution in [3.05, 3.63) is 39.9 Å². The quantitative estimate of drug-likeness (QED) is 0.422. The highest BCUT2D eigenvalue weighted by Crippen LogP contribution is 2.11. The van der Waals surface area contributed by atoms with Gasteiger partial charge in [0.05, 0.1) is 4.92 Å². The fraction of sp³-hybridized carbons (Fsp3) is 0.538. The molecule has 18 heavy (non-hydrogen) atoms. The number of aliphatic hydroxyl groups excluding tert-OH is 1. The summed E-state index contributed by atoms with van der Waals surface area (Å²) in [6.45, 7) is 3.87. The van der Waals surface area contributed by atoms with Crippen molar-refractivity contribution in [1.29, 1.82) is 0 Å². The summed E-state index contributed by atoms with van der Waals surface area (Å²) in [4.78, 5) is 10.1. The smallest absolute Gasteiger partial charge is 0.269 e. The summed E-state index contributed by atoms with van der Waals surface area (Å²) < 4.78 is 0. The van der Waals surface area contributed by atoms with Crippen molar-refractivity contribution < 1.29 is 10.0 Å². The summed E-state index contributed by atoms with van der Waals surface area (Å²) in [5.41, 5.74) is 1.16. The van der Waals surface area contributed by atoms with Crippen LogP contribution in [-0.2, 0) is 6.54 Å². The zero-order chi connectivity index (χ0) is 13.4. The van der Waals surface area contributed by atoms with Crippen LogP contribution in [0, 0.1) is 16.0 Å². The van der Waals surface area contributed by atoms with Gasteiger partial charge in [-0.2, -0.15) is 0 Å². The van der Waals surface area contributed by atoms with Gasteiger partial charge in [0, 0.05) is 25.3 Å². The first-order chi connectivity index (χ1) is 8.63. The first kappa shape index (κ1) is 14.6. The molecule has 0 aromatic heterocycles. The van der Waals surface area contributed by atoms with Gasteiger partial charge in [-0.1, -0.05) is 19.1 Å². The number of aliphatic hydroxyl groups is 1. The number of nitro groups is 1. The van der Waals surface area contributed by atoms with Crippen molar-refractivity contribution in [3.63, 3.8) is 0 Å². The minimum atomic E-state index is -0.395. The largest absolute Gasteiger partial charge is 0.396 e. The van der Waals surface area contributed by atoms with E-state index in [1.807, 2.05) is 6.92 Å². The van der Waals surface area contributed by atoms with Gasteiger partial charge >= 0.3 is 0 Å². The second-order valence-electron chi connectivity index (χ2n) is 4.53. The Bertz CT molecular complexity index is 365. The zero-order valence-corrected chi connectivity index (χ0v) is 10.6. The van der Waals surface area contributed by atoms with E-state index in [1.54, 1.807) is 12.1 Å². The molecule has 0 aliphatic heterocycles. The fourth-order valence-corrected chi connectivity index (χ4v) is 1.64. The van der Waals surface area contributed by atoms with E-state index in [2.05, 4.69) is 5.32 Å². The molecule has 2 N–H and O–H groups in total. The molecule has 0 bridgehead atoms. The van der Waals surface area contributed by atoms with E-state index in [4.69, 9.17) is 5.11 Å². The standard InChI is InChI=1S/C13H20N2O3/c1-11(10-16)3-2-8-14-9-12-4-6-13(7-5-12)15(17)18/h4-7,11,14,16H,2-3,8-10H2,1H3. The maximum absolute atomic E-state index is 10.5. The molecule has 0 aliphatic rings. The van der Waals surface area contributed by atoms with Crippen LogP contribution < -0.4 is 5.32 Å². The summed E-state index contributed by atoms with van der Waals surface area (Å²) >= 11 is 0. The van der Waals surface area contributed by atoms with Gasteiger partial charge in [0.25, 0.3) is 5.69 Å².